The van der Waals surface area contributed by atoms with Crippen LogP contribution >= 0.6 is 0 Å². The van der Waals surface area contributed by atoms with Crippen molar-refractivity contribution in [3.05, 3.63) is 45.9 Å². The van der Waals surface area contributed by atoms with E-state index >= 15 is 0 Å². The number of aromatic nitrogens is 2. The number of nitrogens with zero attached hydrogens (tertiary/aromatic N) is 4. The van der Waals surface area contributed by atoms with Crippen molar-refractivity contribution in [1.82, 2.24) is 14.9 Å². The Labute approximate surface area is 181 Å². The Balaban J connectivity index is 1.33. The lowest BCUT2D eigenvalue weighted by atomic mass is 10.1. The number of amides is 1. The Kier molecular flexibility index (Phi) is 6.41. The predicted octanol–water partition coefficient (Wildman–Crippen LogP) is 0.902. The molecule has 166 valence electrons. The van der Waals surface area contributed by atoms with Gasteiger partial charge < -0.3 is 24.5 Å². The molecule has 3 heterocycles. The molecule has 0 spiro atoms. The van der Waals surface area contributed by atoms with Gasteiger partial charge in [0.25, 0.3) is 5.56 Å². The maximum atomic E-state index is 12.7. The molecular formula is C22H29N5O4. The number of piperazine rings is 1. The minimum Gasteiger partial charge on any atom is -0.506 e. The summed E-state index contributed by atoms with van der Waals surface area (Å²) >= 11 is 0. The smallest absolute Gasteiger partial charge is 0.255 e. The molecule has 31 heavy (non-hydrogen) atoms. The van der Waals surface area contributed by atoms with Gasteiger partial charge in [-0.05, 0) is 25.5 Å². The molecule has 0 atom stereocenters. The third-order valence-electron chi connectivity index (χ3n) is 5.96. The van der Waals surface area contributed by atoms with Crippen molar-refractivity contribution in [1.29, 1.82) is 0 Å². The van der Waals surface area contributed by atoms with E-state index in [1.165, 1.54) is 0 Å². The van der Waals surface area contributed by atoms with Gasteiger partial charge in [-0.2, -0.15) is 0 Å². The number of nitrogens with one attached hydrogen (secondary N) is 1. The Bertz CT molecular complexity index is 978. The van der Waals surface area contributed by atoms with E-state index in [1.54, 1.807) is 12.1 Å². The molecule has 0 unspecified atom stereocenters. The number of morpholine rings is 1. The molecular weight excluding hydrogens is 398 g/mol. The topological polar surface area (TPSA) is 102 Å². The predicted molar refractivity (Wildman–Crippen MR) is 118 cm³/mol. The van der Waals surface area contributed by atoms with Gasteiger partial charge in [0.05, 0.1) is 18.9 Å². The van der Waals surface area contributed by atoms with Gasteiger partial charge in [-0.25, -0.2) is 4.98 Å². The van der Waals surface area contributed by atoms with E-state index < -0.39 is 0 Å². The number of H-pyrrole nitrogens is 1. The molecule has 9 heteroatoms. The highest BCUT2D eigenvalue weighted by Crippen LogP contribution is 2.27. The van der Waals surface area contributed by atoms with Crippen molar-refractivity contribution in [3.8, 4) is 5.75 Å². The van der Waals surface area contributed by atoms with E-state index in [1.807, 2.05) is 28.9 Å². The van der Waals surface area contributed by atoms with Gasteiger partial charge in [0.2, 0.25) is 11.9 Å². The normalized spacial score (nSPS) is 17.1. The van der Waals surface area contributed by atoms with Crippen LogP contribution in [-0.4, -0.2) is 78.4 Å². The van der Waals surface area contributed by atoms with Crippen LogP contribution < -0.4 is 15.4 Å². The van der Waals surface area contributed by atoms with Crippen molar-refractivity contribution in [2.75, 3.05) is 62.3 Å². The highest BCUT2D eigenvalue weighted by molar-refractivity contribution is 5.77. The third-order valence-corrected chi connectivity index (χ3v) is 5.96. The van der Waals surface area contributed by atoms with Crippen LogP contribution in [0, 0.1) is 6.92 Å². The second-order valence-corrected chi connectivity index (χ2v) is 7.91. The lowest BCUT2D eigenvalue weighted by Gasteiger charge is -2.36. The Morgan fingerprint density at radius 1 is 1.10 bits per heavy atom. The van der Waals surface area contributed by atoms with E-state index in [2.05, 4.69) is 14.9 Å². The van der Waals surface area contributed by atoms with Gasteiger partial charge in [-0.3, -0.25) is 14.6 Å². The first kappa shape index (κ1) is 21.2. The summed E-state index contributed by atoms with van der Waals surface area (Å²) in [6.45, 7) is 6.99. The molecule has 2 fully saturated rings. The SMILES string of the molecule is Cc1nc(N2CCOCC2)[nH]c(=O)c1CCC(=O)N1CCN(c2ccccc2O)CC1. The number of hydrogen-bond donors (Lipinski definition) is 2. The van der Waals surface area contributed by atoms with Gasteiger partial charge in [-0.15, -0.1) is 0 Å². The number of carbonyl (C=O) groups excluding carboxylic acids is 1. The lowest BCUT2D eigenvalue weighted by Crippen LogP contribution is -2.49. The molecule has 1 aromatic heterocycles. The molecule has 2 N–H and O–H groups in total. The summed E-state index contributed by atoms with van der Waals surface area (Å²) in [7, 11) is 0. The fourth-order valence-corrected chi connectivity index (χ4v) is 4.13. The zero-order valence-corrected chi connectivity index (χ0v) is 17.8. The first-order chi connectivity index (χ1) is 15.0. The minimum absolute atomic E-state index is 0.0352. The number of ether oxygens (including phenoxy) is 1. The number of benzene rings is 1. The van der Waals surface area contributed by atoms with E-state index in [-0.39, 0.29) is 23.6 Å². The molecule has 2 aliphatic rings. The summed E-state index contributed by atoms with van der Waals surface area (Å²) in [5.74, 6) is 0.860. The van der Waals surface area contributed by atoms with Crippen LogP contribution in [0.15, 0.2) is 29.1 Å². The second kappa shape index (κ2) is 9.38. The molecule has 0 aliphatic carbocycles. The summed E-state index contributed by atoms with van der Waals surface area (Å²) < 4.78 is 5.35. The summed E-state index contributed by atoms with van der Waals surface area (Å²) in [6.07, 6.45) is 0.648. The van der Waals surface area contributed by atoms with Crippen LogP contribution in [0.3, 0.4) is 0 Å². The quantitative estimate of drug-likeness (QED) is 0.731. The van der Waals surface area contributed by atoms with Crippen molar-refractivity contribution >= 4 is 17.5 Å². The number of para-hydroxylation sites is 2. The largest absolute Gasteiger partial charge is 0.506 e. The summed E-state index contributed by atoms with van der Waals surface area (Å²) in [4.78, 5) is 38.7. The molecule has 0 bridgehead atoms. The zero-order valence-electron chi connectivity index (χ0n) is 17.8. The maximum absolute atomic E-state index is 12.7. The Hall–Kier alpha value is -3.07. The Morgan fingerprint density at radius 2 is 1.81 bits per heavy atom. The third kappa shape index (κ3) is 4.82. The van der Waals surface area contributed by atoms with Crippen molar-refractivity contribution in [3.63, 3.8) is 0 Å². The number of anilines is 2. The summed E-state index contributed by atoms with van der Waals surface area (Å²) in [5.41, 5.74) is 1.86. The number of carbonyl (C=O) groups is 1. The van der Waals surface area contributed by atoms with E-state index in [4.69, 9.17) is 4.74 Å². The molecule has 1 amide bonds. The van der Waals surface area contributed by atoms with Gasteiger partial charge >= 0.3 is 0 Å². The van der Waals surface area contributed by atoms with Gasteiger partial charge in [0, 0.05) is 56.9 Å². The number of rotatable bonds is 5. The number of phenols is 1. The molecule has 2 aromatic rings. The van der Waals surface area contributed by atoms with E-state index in [9.17, 15) is 14.7 Å². The van der Waals surface area contributed by atoms with Crippen LogP contribution in [0.1, 0.15) is 17.7 Å². The molecule has 1 aromatic carbocycles. The van der Waals surface area contributed by atoms with Gasteiger partial charge in [0.15, 0.2) is 0 Å². The minimum atomic E-state index is -0.175. The Morgan fingerprint density at radius 3 is 2.48 bits per heavy atom. The fraction of sp³-hybridized carbons (Fsp3) is 0.500. The number of phenolic OH excluding ortho intramolecular Hbond substituents is 1. The maximum Gasteiger partial charge on any atom is 0.255 e. The number of aromatic hydroxyl groups is 1. The molecule has 9 nitrogen and oxygen atoms in total. The van der Waals surface area contributed by atoms with Crippen LogP contribution in [0.4, 0.5) is 11.6 Å². The van der Waals surface area contributed by atoms with Gasteiger partial charge in [-0.1, -0.05) is 12.1 Å². The van der Waals surface area contributed by atoms with Crippen LogP contribution in [0.5, 0.6) is 5.75 Å². The van der Waals surface area contributed by atoms with Crippen molar-refractivity contribution in [2.45, 2.75) is 19.8 Å². The zero-order chi connectivity index (χ0) is 21.8. The summed E-state index contributed by atoms with van der Waals surface area (Å²) in [5, 5.41) is 10.0. The highest BCUT2D eigenvalue weighted by atomic mass is 16.5. The molecule has 0 radical (unpaired) electrons. The van der Waals surface area contributed by atoms with E-state index in [0.29, 0.717) is 76.1 Å². The lowest BCUT2D eigenvalue weighted by molar-refractivity contribution is -0.131. The highest BCUT2D eigenvalue weighted by Gasteiger charge is 2.23. The number of aryl methyl sites for hydroxylation is 1. The molecule has 2 saturated heterocycles. The first-order valence-corrected chi connectivity index (χ1v) is 10.8. The first-order valence-electron chi connectivity index (χ1n) is 10.8. The van der Waals surface area contributed by atoms with Gasteiger partial charge in [0.1, 0.15) is 5.75 Å². The van der Waals surface area contributed by atoms with E-state index in [0.717, 1.165) is 5.69 Å². The molecule has 0 saturated carbocycles. The van der Waals surface area contributed by atoms with Crippen LogP contribution in [-0.2, 0) is 16.0 Å². The fourth-order valence-electron chi connectivity index (χ4n) is 4.13. The second-order valence-electron chi connectivity index (χ2n) is 7.91. The average molecular weight is 428 g/mol. The summed E-state index contributed by atoms with van der Waals surface area (Å²) in [6, 6.07) is 7.25. The monoisotopic (exact) mass is 427 g/mol. The standard InChI is InChI=1S/C22H29N5O4/c1-16-17(21(30)24-22(23-16)27-12-14-31-15-13-27)6-7-20(29)26-10-8-25(9-11-26)18-4-2-3-5-19(18)28/h2-5,28H,6-15H2,1H3,(H,23,24,30). The van der Waals surface area contributed by atoms with Crippen molar-refractivity contribution < 1.29 is 14.6 Å². The average Bonchev–Trinajstić information content (AvgIpc) is 2.79. The number of aromatic amines is 1. The van der Waals surface area contributed by atoms with Crippen LogP contribution in [0.2, 0.25) is 0 Å². The van der Waals surface area contributed by atoms with Crippen molar-refractivity contribution in [2.24, 2.45) is 0 Å². The van der Waals surface area contributed by atoms with Crippen LogP contribution in [0.25, 0.3) is 0 Å². The number of hydrogen-bond acceptors (Lipinski definition) is 7. The molecule has 2 aliphatic heterocycles. The molecule has 4 rings (SSSR count).